The molecule has 0 aliphatic rings. The van der Waals surface area contributed by atoms with Crippen LogP contribution in [0.2, 0.25) is 0 Å². The van der Waals surface area contributed by atoms with Crippen molar-refractivity contribution in [2.45, 2.75) is 52.0 Å². The van der Waals surface area contributed by atoms with Crippen LogP contribution < -0.4 is 0 Å². The summed E-state index contributed by atoms with van der Waals surface area (Å²) in [6.45, 7) is 3.20. The van der Waals surface area contributed by atoms with Crippen molar-refractivity contribution in [2.24, 2.45) is 0 Å². The molecular formula is C24H28N2O. The second-order valence-corrected chi connectivity index (χ2v) is 7.18. The van der Waals surface area contributed by atoms with Crippen molar-refractivity contribution in [2.75, 3.05) is 0 Å². The predicted octanol–water partition coefficient (Wildman–Crippen LogP) is 5.97. The summed E-state index contributed by atoms with van der Waals surface area (Å²) in [6.07, 6.45) is 15.5. The number of hydrogen-bond donors (Lipinski definition) is 0. The van der Waals surface area contributed by atoms with Gasteiger partial charge in [0.1, 0.15) is 0 Å². The van der Waals surface area contributed by atoms with Crippen LogP contribution in [0.3, 0.4) is 0 Å². The van der Waals surface area contributed by atoms with E-state index in [1.54, 1.807) is 18.5 Å². The molecule has 3 heteroatoms. The highest BCUT2D eigenvalue weighted by molar-refractivity contribution is 5.93. The number of nitrogens with zero attached hydrogens (tertiary/aromatic N) is 2. The first kappa shape index (κ1) is 19.1. The average molecular weight is 361 g/mol. The molecule has 0 atom stereocenters. The second kappa shape index (κ2) is 9.86. The van der Waals surface area contributed by atoms with Gasteiger partial charge in [0, 0.05) is 37.1 Å². The van der Waals surface area contributed by atoms with Gasteiger partial charge < -0.3 is 4.57 Å². The molecule has 0 radical (unpaired) electrons. The molecule has 0 saturated heterocycles. The van der Waals surface area contributed by atoms with Crippen LogP contribution in [0.15, 0.2) is 61.1 Å². The predicted molar refractivity (Wildman–Crippen MR) is 113 cm³/mol. The minimum absolute atomic E-state index is 0.202. The summed E-state index contributed by atoms with van der Waals surface area (Å²) in [6, 6.07) is 12.7. The first-order chi connectivity index (χ1) is 13.2. The Morgan fingerprint density at radius 1 is 1.07 bits per heavy atom. The molecule has 2 aromatic heterocycles. The number of rotatable bonds is 10. The smallest absolute Gasteiger partial charge is 0.155 e. The van der Waals surface area contributed by atoms with E-state index < -0.39 is 0 Å². The normalized spacial score (nSPS) is 11.4. The molecule has 3 nitrogen and oxygen atoms in total. The second-order valence-electron chi connectivity index (χ2n) is 7.18. The molecule has 0 fully saturated rings. The van der Waals surface area contributed by atoms with Crippen LogP contribution in [0, 0.1) is 6.92 Å². The minimum Gasteiger partial charge on any atom is -0.347 e. The van der Waals surface area contributed by atoms with E-state index in [9.17, 15) is 4.79 Å². The number of hydrogen-bond acceptors (Lipinski definition) is 2. The van der Waals surface area contributed by atoms with E-state index in [-0.39, 0.29) is 5.78 Å². The monoisotopic (exact) mass is 360 g/mol. The topological polar surface area (TPSA) is 34.9 Å². The fourth-order valence-electron chi connectivity index (χ4n) is 3.37. The Hall–Kier alpha value is -2.68. The maximum atomic E-state index is 11.9. The largest absolute Gasteiger partial charge is 0.347 e. The fraction of sp³-hybridized carbons (Fsp3) is 0.333. The van der Waals surface area contributed by atoms with Crippen LogP contribution in [0.4, 0.5) is 0 Å². The number of benzene rings is 1. The number of allylic oxidation sites excluding steroid dienone is 1. The van der Waals surface area contributed by atoms with Gasteiger partial charge in [-0.15, -0.1) is 0 Å². The molecule has 0 spiro atoms. The number of aromatic nitrogens is 2. The van der Waals surface area contributed by atoms with E-state index in [0.717, 1.165) is 24.9 Å². The molecule has 27 heavy (non-hydrogen) atoms. The average Bonchev–Trinajstić information content (AvgIpc) is 3.08. The van der Waals surface area contributed by atoms with Crippen LogP contribution in [-0.2, 0) is 11.3 Å². The van der Waals surface area contributed by atoms with Gasteiger partial charge in [0.25, 0.3) is 0 Å². The molecule has 0 unspecified atom stereocenters. The van der Waals surface area contributed by atoms with E-state index in [4.69, 9.17) is 0 Å². The van der Waals surface area contributed by atoms with Gasteiger partial charge >= 0.3 is 0 Å². The molecule has 0 amide bonds. The van der Waals surface area contributed by atoms with Crippen molar-refractivity contribution in [1.29, 1.82) is 0 Å². The zero-order valence-corrected chi connectivity index (χ0v) is 16.1. The van der Waals surface area contributed by atoms with Crippen molar-refractivity contribution in [3.8, 4) is 0 Å². The minimum atomic E-state index is 0.202. The molecular weight excluding hydrogens is 332 g/mol. The zero-order valence-electron chi connectivity index (χ0n) is 16.1. The molecule has 1 aromatic carbocycles. The van der Waals surface area contributed by atoms with Crippen molar-refractivity contribution in [3.05, 3.63) is 72.2 Å². The van der Waals surface area contributed by atoms with Gasteiger partial charge in [-0.05, 0) is 67.1 Å². The van der Waals surface area contributed by atoms with Crippen LogP contribution >= 0.6 is 0 Å². The lowest BCUT2D eigenvalue weighted by Gasteiger charge is -2.06. The third kappa shape index (κ3) is 5.92. The van der Waals surface area contributed by atoms with Crippen LogP contribution in [0.1, 0.15) is 49.7 Å². The summed E-state index contributed by atoms with van der Waals surface area (Å²) in [5, 5.41) is 1.33. The van der Waals surface area contributed by atoms with Gasteiger partial charge in [-0.1, -0.05) is 37.0 Å². The number of carbonyl (C=O) groups excluding carboxylic acids is 1. The summed E-state index contributed by atoms with van der Waals surface area (Å²) in [4.78, 5) is 15.9. The molecule has 2 heterocycles. The first-order valence-electron chi connectivity index (χ1n) is 9.89. The summed E-state index contributed by atoms with van der Waals surface area (Å²) >= 11 is 0. The number of pyridine rings is 1. The lowest BCUT2D eigenvalue weighted by Crippen LogP contribution is -1.96. The molecule has 3 rings (SSSR count). The molecule has 0 aliphatic carbocycles. The Morgan fingerprint density at radius 3 is 2.78 bits per heavy atom. The molecule has 0 saturated carbocycles. The van der Waals surface area contributed by atoms with Gasteiger partial charge in [-0.25, -0.2) is 0 Å². The van der Waals surface area contributed by atoms with Crippen LogP contribution in [-0.4, -0.2) is 15.3 Å². The summed E-state index contributed by atoms with van der Waals surface area (Å²) in [5.41, 5.74) is 3.61. The fourth-order valence-corrected chi connectivity index (χ4v) is 3.37. The Balaban J connectivity index is 1.29. The van der Waals surface area contributed by atoms with Crippen LogP contribution in [0.25, 0.3) is 17.0 Å². The Kier molecular flexibility index (Phi) is 6.97. The van der Waals surface area contributed by atoms with E-state index in [2.05, 4.69) is 46.9 Å². The third-order valence-electron chi connectivity index (χ3n) is 4.89. The Labute approximate surface area is 161 Å². The van der Waals surface area contributed by atoms with Crippen molar-refractivity contribution in [3.63, 3.8) is 0 Å². The molecule has 3 aromatic rings. The number of aryl methyl sites for hydroxylation is 2. The third-order valence-corrected chi connectivity index (χ3v) is 4.89. The lowest BCUT2D eigenvalue weighted by atomic mass is 10.1. The maximum Gasteiger partial charge on any atom is 0.155 e. The quantitative estimate of drug-likeness (QED) is 0.330. The maximum absolute atomic E-state index is 11.9. The van der Waals surface area contributed by atoms with Crippen molar-refractivity contribution < 1.29 is 4.79 Å². The first-order valence-corrected chi connectivity index (χ1v) is 9.89. The zero-order chi connectivity index (χ0) is 18.9. The number of unbranched alkanes of at least 4 members (excludes halogenated alkanes) is 4. The standard InChI is InChI=1S/C24H28N2O/c1-20-10-13-24-22(18-20)14-17-26(24)16-6-4-2-3-5-9-23(27)12-11-21-8-7-15-25-19-21/h7-8,10-15,17-19H,2-6,9,16H2,1H3/b12-11+. The number of ketones is 1. The Bertz CT molecular complexity index is 893. The van der Waals surface area contributed by atoms with Gasteiger partial charge in [-0.3, -0.25) is 9.78 Å². The van der Waals surface area contributed by atoms with Crippen LogP contribution in [0.5, 0.6) is 0 Å². The summed E-state index contributed by atoms with van der Waals surface area (Å²) in [7, 11) is 0. The van der Waals surface area contributed by atoms with Gasteiger partial charge in [0.05, 0.1) is 0 Å². The summed E-state index contributed by atoms with van der Waals surface area (Å²) in [5.74, 6) is 0.202. The van der Waals surface area contributed by atoms with E-state index >= 15 is 0 Å². The van der Waals surface area contributed by atoms with Gasteiger partial charge in [-0.2, -0.15) is 0 Å². The molecule has 0 N–H and O–H groups in total. The van der Waals surface area contributed by atoms with Crippen molar-refractivity contribution in [1.82, 2.24) is 9.55 Å². The lowest BCUT2D eigenvalue weighted by molar-refractivity contribution is -0.114. The highest BCUT2D eigenvalue weighted by atomic mass is 16.1. The molecule has 0 aliphatic heterocycles. The SMILES string of the molecule is Cc1ccc2c(ccn2CCCCCCCC(=O)/C=C/c2cccnc2)c1. The van der Waals surface area contributed by atoms with Crippen molar-refractivity contribution >= 4 is 22.8 Å². The molecule has 0 bridgehead atoms. The number of carbonyl (C=O) groups is 1. The Morgan fingerprint density at radius 2 is 1.93 bits per heavy atom. The summed E-state index contributed by atoms with van der Waals surface area (Å²) < 4.78 is 2.35. The highest BCUT2D eigenvalue weighted by Crippen LogP contribution is 2.18. The van der Waals surface area contributed by atoms with E-state index in [0.29, 0.717) is 6.42 Å². The van der Waals surface area contributed by atoms with E-state index in [1.165, 1.54) is 35.7 Å². The van der Waals surface area contributed by atoms with Gasteiger partial charge in [0.15, 0.2) is 5.78 Å². The van der Waals surface area contributed by atoms with Gasteiger partial charge in [0.2, 0.25) is 0 Å². The van der Waals surface area contributed by atoms with E-state index in [1.807, 2.05) is 18.2 Å². The highest BCUT2D eigenvalue weighted by Gasteiger charge is 2.01. The number of fused-ring (bicyclic) bond motifs is 1. The molecule has 140 valence electrons.